The van der Waals surface area contributed by atoms with Crippen LogP contribution in [0.5, 0.6) is 0 Å². The average molecular weight is 389 g/mol. The van der Waals surface area contributed by atoms with Gasteiger partial charge in [-0.2, -0.15) is 10.1 Å². The molecule has 0 amide bonds. The Morgan fingerprint density at radius 2 is 1.76 bits per heavy atom. The van der Waals surface area contributed by atoms with Gasteiger partial charge in [-0.05, 0) is 62.1 Å². The number of nitrogens with one attached hydrogen (secondary N) is 1. The van der Waals surface area contributed by atoms with Crippen LogP contribution in [0.3, 0.4) is 0 Å². The molecule has 0 unspecified atom stereocenters. The summed E-state index contributed by atoms with van der Waals surface area (Å²) in [5.74, 6) is 2.11. The Balaban J connectivity index is 1.46. The Bertz CT molecular complexity index is 904. The van der Waals surface area contributed by atoms with Crippen molar-refractivity contribution in [2.45, 2.75) is 26.7 Å². The van der Waals surface area contributed by atoms with Crippen LogP contribution in [0.15, 0.2) is 60.8 Å². The minimum Gasteiger partial charge on any atom is -0.372 e. The lowest BCUT2D eigenvalue weighted by Crippen LogP contribution is -2.32. The van der Waals surface area contributed by atoms with E-state index >= 15 is 0 Å². The fourth-order valence-corrected chi connectivity index (χ4v) is 3.71. The maximum absolute atomic E-state index is 4.67. The second-order valence-electron chi connectivity index (χ2n) is 7.56. The lowest BCUT2D eigenvalue weighted by molar-refractivity contribution is 0.438. The molecule has 150 valence electrons. The standard InChI is InChI=1S/C23H28N6/c1-3-29(21-7-5-4-6-8-21)22-17-24-27-23(26-22)25-19-9-11-20(12-10-19)28-15-13-18(2)14-16-28/h4-12,17-18H,3,13-16H2,1-2H3,(H,25,26,27). The molecule has 2 aromatic carbocycles. The van der Waals surface area contributed by atoms with E-state index in [2.05, 4.69) is 80.5 Å². The molecule has 1 aliphatic heterocycles. The Labute approximate surface area is 172 Å². The van der Waals surface area contributed by atoms with Crippen molar-refractivity contribution in [1.29, 1.82) is 0 Å². The van der Waals surface area contributed by atoms with Gasteiger partial charge in [-0.1, -0.05) is 25.1 Å². The quantitative estimate of drug-likeness (QED) is 0.641. The summed E-state index contributed by atoms with van der Waals surface area (Å²) in [5.41, 5.74) is 3.32. The van der Waals surface area contributed by atoms with Gasteiger partial charge >= 0.3 is 0 Å². The van der Waals surface area contributed by atoms with Crippen LogP contribution in [0, 0.1) is 5.92 Å². The number of aromatic nitrogens is 3. The van der Waals surface area contributed by atoms with E-state index in [0.717, 1.165) is 42.7 Å². The van der Waals surface area contributed by atoms with Crippen LogP contribution in [0.25, 0.3) is 0 Å². The second kappa shape index (κ2) is 8.90. The Morgan fingerprint density at radius 1 is 1.03 bits per heavy atom. The third-order valence-electron chi connectivity index (χ3n) is 5.48. The monoisotopic (exact) mass is 388 g/mol. The number of para-hydroxylation sites is 1. The largest absolute Gasteiger partial charge is 0.372 e. The number of rotatable bonds is 6. The van der Waals surface area contributed by atoms with Crippen molar-refractivity contribution in [1.82, 2.24) is 15.2 Å². The number of hydrogen-bond acceptors (Lipinski definition) is 6. The van der Waals surface area contributed by atoms with E-state index < -0.39 is 0 Å². The summed E-state index contributed by atoms with van der Waals surface area (Å²) in [5, 5.41) is 11.6. The zero-order chi connectivity index (χ0) is 20.1. The molecule has 0 atom stereocenters. The van der Waals surface area contributed by atoms with Gasteiger partial charge in [0.1, 0.15) is 0 Å². The van der Waals surface area contributed by atoms with Crippen molar-refractivity contribution in [3.05, 3.63) is 60.8 Å². The molecule has 0 spiro atoms. The van der Waals surface area contributed by atoms with E-state index in [9.17, 15) is 0 Å². The number of hydrogen-bond donors (Lipinski definition) is 1. The Hall–Kier alpha value is -3.15. The molecule has 3 aromatic rings. The van der Waals surface area contributed by atoms with E-state index in [-0.39, 0.29) is 0 Å². The van der Waals surface area contributed by atoms with Gasteiger partial charge < -0.3 is 15.1 Å². The minimum absolute atomic E-state index is 0.497. The highest BCUT2D eigenvalue weighted by Gasteiger charge is 2.16. The van der Waals surface area contributed by atoms with Crippen molar-refractivity contribution >= 4 is 28.8 Å². The summed E-state index contributed by atoms with van der Waals surface area (Å²) < 4.78 is 0. The van der Waals surface area contributed by atoms with Gasteiger partial charge in [0.25, 0.3) is 0 Å². The molecule has 4 rings (SSSR count). The van der Waals surface area contributed by atoms with Gasteiger partial charge in [0.05, 0.1) is 6.20 Å². The summed E-state index contributed by atoms with van der Waals surface area (Å²) in [4.78, 5) is 9.24. The molecule has 1 aliphatic rings. The van der Waals surface area contributed by atoms with E-state index in [1.807, 2.05) is 18.2 Å². The van der Waals surface area contributed by atoms with Gasteiger partial charge in [-0.25, -0.2) is 0 Å². The molecule has 29 heavy (non-hydrogen) atoms. The van der Waals surface area contributed by atoms with Crippen LogP contribution in [-0.4, -0.2) is 34.8 Å². The number of benzene rings is 2. The highest BCUT2D eigenvalue weighted by Crippen LogP contribution is 2.26. The third kappa shape index (κ3) is 4.65. The third-order valence-corrected chi connectivity index (χ3v) is 5.48. The van der Waals surface area contributed by atoms with Crippen molar-refractivity contribution in [3.8, 4) is 0 Å². The van der Waals surface area contributed by atoms with Crippen molar-refractivity contribution in [2.24, 2.45) is 5.92 Å². The van der Waals surface area contributed by atoms with Crippen LogP contribution < -0.4 is 15.1 Å². The molecular formula is C23H28N6. The van der Waals surface area contributed by atoms with Gasteiger partial charge in [-0.15, -0.1) is 5.10 Å². The van der Waals surface area contributed by atoms with E-state index in [1.54, 1.807) is 6.20 Å². The van der Waals surface area contributed by atoms with Crippen molar-refractivity contribution < 1.29 is 0 Å². The lowest BCUT2D eigenvalue weighted by atomic mass is 9.99. The fraction of sp³-hybridized carbons (Fsp3) is 0.348. The number of piperidine rings is 1. The highest BCUT2D eigenvalue weighted by atomic mass is 15.3. The Morgan fingerprint density at radius 3 is 2.45 bits per heavy atom. The van der Waals surface area contributed by atoms with Gasteiger partial charge in [0.15, 0.2) is 5.82 Å². The summed E-state index contributed by atoms with van der Waals surface area (Å²) in [6.45, 7) is 7.50. The molecule has 6 nitrogen and oxygen atoms in total. The minimum atomic E-state index is 0.497. The molecule has 0 aliphatic carbocycles. The summed E-state index contributed by atoms with van der Waals surface area (Å²) in [7, 11) is 0. The predicted molar refractivity (Wildman–Crippen MR) is 119 cm³/mol. The lowest BCUT2D eigenvalue weighted by Gasteiger charge is -2.32. The van der Waals surface area contributed by atoms with Gasteiger partial charge in [-0.3, -0.25) is 0 Å². The van der Waals surface area contributed by atoms with Gasteiger partial charge in [0.2, 0.25) is 5.95 Å². The fourth-order valence-electron chi connectivity index (χ4n) is 3.71. The number of anilines is 5. The molecule has 0 radical (unpaired) electrons. The van der Waals surface area contributed by atoms with Crippen LogP contribution in [0.2, 0.25) is 0 Å². The molecule has 0 bridgehead atoms. The van der Waals surface area contributed by atoms with Crippen LogP contribution >= 0.6 is 0 Å². The van der Waals surface area contributed by atoms with Crippen LogP contribution in [0.4, 0.5) is 28.8 Å². The first-order valence-electron chi connectivity index (χ1n) is 10.4. The maximum Gasteiger partial charge on any atom is 0.249 e. The SMILES string of the molecule is CCN(c1ccccc1)c1cnnc(Nc2ccc(N3CCC(C)CC3)cc2)n1. The molecular weight excluding hydrogens is 360 g/mol. The van der Waals surface area contributed by atoms with E-state index in [0.29, 0.717) is 5.95 Å². The van der Waals surface area contributed by atoms with E-state index in [1.165, 1.54) is 18.5 Å². The van der Waals surface area contributed by atoms with Crippen molar-refractivity contribution in [2.75, 3.05) is 34.8 Å². The highest BCUT2D eigenvalue weighted by molar-refractivity contribution is 5.62. The summed E-state index contributed by atoms with van der Waals surface area (Å²) >= 11 is 0. The first kappa shape index (κ1) is 19.2. The molecule has 1 saturated heterocycles. The first-order valence-corrected chi connectivity index (χ1v) is 10.4. The predicted octanol–water partition coefficient (Wildman–Crippen LogP) is 5.01. The number of nitrogens with zero attached hydrogens (tertiary/aromatic N) is 5. The van der Waals surface area contributed by atoms with Crippen molar-refractivity contribution in [3.63, 3.8) is 0 Å². The molecule has 0 saturated carbocycles. The smallest absolute Gasteiger partial charge is 0.249 e. The average Bonchev–Trinajstić information content (AvgIpc) is 2.77. The molecule has 1 aromatic heterocycles. The van der Waals surface area contributed by atoms with Crippen LogP contribution in [-0.2, 0) is 0 Å². The molecule has 1 fully saturated rings. The Kier molecular flexibility index (Phi) is 5.89. The zero-order valence-corrected chi connectivity index (χ0v) is 17.1. The first-order chi connectivity index (χ1) is 14.2. The normalized spacial score (nSPS) is 14.6. The molecule has 1 N–H and O–H groups in total. The summed E-state index contributed by atoms with van der Waals surface area (Å²) in [6, 6.07) is 18.7. The zero-order valence-electron chi connectivity index (χ0n) is 17.1. The maximum atomic E-state index is 4.67. The van der Waals surface area contributed by atoms with E-state index in [4.69, 9.17) is 0 Å². The van der Waals surface area contributed by atoms with Crippen LogP contribution in [0.1, 0.15) is 26.7 Å². The molecule has 2 heterocycles. The second-order valence-corrected chi connectivity index (χ2v) is 7.56. The van der Waals surface area contributed by atoms with Gasteiger partial charge in [0, 0.05) is 36.7 Å². The topological polar surface area (TPSA) is 57.2 Å². The molecule has 6 heteroatoms. The summed E-state index contributed by atoms with van der Waals surface area (Å²) in [6.07, 6.45) is 4.23.